The number of aliphatic imine (C=N–C) groups is 1. The minimum atomic E-state index is -0.169. The Morgan fingerprint density at radius 3 is 2.55 bits per heavy atom. The van der Waals surface area contributed by atoms with Gasteiger partial charge in [-0.05, 0) is 43.4 Å². The minimum Gasteiger partial charge on any atom is -0.396 e. The Balaban J connectivity index is 0.00000300. The molecule has 1 aromatic rings. The zero-order chi connectivity index (χ0) is 19.9. The van der Waals surface area contributed by atoms with E-state index in [1.54, 1.807) is 13.1 Å². The summed E-state index contributed by atoms with van der Waals surface area (Å²) in [5.41, 5.74) is 0.991. The summed E-state index contributed by atoms with van der Waals surface area (Å²) in [7, 11) is 1.77. The van der Waals surface area contributed by atoms with Gasteiger partial charge in [0.25, 0.3) is 0 Å². The Hall–Kier alpha value is -0.930. The van der Waals surface area contributed by atoms with E-state index in [0.717, 1.165) is 56.9 Å². The highest BCUT2D eigenvalue weighted by atomic mass is 127. The first-order valence-corrected chi connectivity index (χ1v) is 10.5. The molecule has 1 saturated heterocycles. The second-order valence-corrected chi connectivity index (χ2v) is 8.41. The van der Waals surface area contributed by atoms with Crippen LogP contribution in [-0.2, 0) is 10.2 Å². The molecule has 3 N–H and O–H groups in total. The van der Waals surface area contributed by atoms with Crippen LogP contribution in [0.1, 0.15) is 50.5 Å². The summed E-state index contributed by atoms with van der Waals surface area (Å²) in [6.45, 7) is 3.04. The normalized spacial score (nSPS) is 24.0. The predicted molar refractivity (Wildman–Crippen MR) is 126 cm³/mol. The molecule has 1 heterocycles. The first-order valence-electron chi connectivity index (χ1n) is 10.5. The lowest BCUT2D eigenvalue weighted by Gasteiger charge is -2.38. The number of ether oxygens (including phenoxy) is 1. The van der Waals surface area contributed by atoms with Crippen molar-refractivity contribution in [1.29, 1.82) is 0 Å². The summed E-state index contributed by atoms with van der Waals surface area (Å²) >= 11 is 0. The van der Waals surface area contributed by atoms with E-state index >= 15 is 0 Å². The molecule has 1 aliphatic heterocycles. The highest BCUT2D eigenvalue weighted by Crippen LogP contribution is 2.39. The van der Waals surface area contributed by atoms with Crippen LogP contribution in [0.15, 0.2) is 29.3 Å². The summed E-state index contributed by atoms with van der Waals surface area (Å²) in [4.78, 5) is 4.38. The maximum Gasteiger partial charge on any atom is 0.191 e. The molecule has 0 aromatic heterocycles. The average Bonchev–Trinajstić information content (AvgIpc) is 3.18. The van der Waals surface area contributed by atoms with E-state index in [1.807, 2.05) is 6.07 Å². The molecule has 2 fully saturated rings. The second-order valence-electron chi connectivity index (χ2n) is 8.41. The molecule has 7 heteroatoms. The number of nitrogens with zero attached hydrogens (tertiary/aromatic N) is 1. The third-order valence-electron chi connectivity index (χ3n) is 6.52. The molecule has 1 aromatic carbocycles. The highest BCUT2D eigenvalue weighted by molar-refractivity contribution is 14.0. The van der Waals surface area contributed by atoms with E-state index in [0.29, 0.717) is 6.61 Å². The van der Waals surface area contributed by atoms with Crippen LogP contribution in [0.3, 0.4) is 0 Å². The summed E-state index contributed by atoms with van der Waals surface area (Å²) in [6.07, 6.45) is 7.37. The van der Waals surface area contributed by atoms with Gasteiger partial charge in [0.15, 0.2) is 5.96 Å². The zero-order valence-corrected chi connectivity index (χ0v) is 19.7. The highest BCUT2D eigenvalue weighted by Gasteiger charge is 2.36. The molecular weight excluding hydrogens is 484 g/mol. The molecule has 29 heavy (non-hydrogen) atoms. The van der Waals surface area contributed by atoms with Gasteiger partial charge in [-0.25, -0.2) is 4.39 Å². The second kappa shape index (κ2) is 11.5. The van der Waals surface area contributed by atoms with Gasteiger partial charge in [-0.1, -0.05) is 31.4 Å². The third kappa shape index (κ3) is 6.28. The maximum absolute atomic E-state index is 13.9. The molecule has 0 radical (unpaired) electrons. The van der Waals surface area contributed by atoms with Gasteiger partial charge in [0.1, 0.15) is 5.82 Å². The summed E-state index contributed by atoms with van der Waals surface area (Å²) in [6, 6.07) is 7.07. The molecule has 1 aliphatic carbocycles. The van der Waals surface area contributed by atoms with E-state index in [9.17, 15) is 9.50 Å². The molecule has 0 amide bonds. The number of rotatable bonds is 7. The van der Waals surface area contributed by atoms with Crippen LogP contribution >= 0.6 is 24.0 Å². The number of hydrogen-bond donors (Lipinski definition) is 3. The van der Waals surface area contributed by atoms with Crippen LogP contribution in [0, 0.1) is 11.2 Å². The Morgan fingerprint density at radius 1 is 1.17 bits per heavy atom. The summed E-state index contributed by atoms with van der Waals surface area (Å²) in [5.74, 6) is 0.586. The summed E-state index contributed by atoms with van der Waals surface area (Å²) < 4.78 is 19.4. The number of nitrogens with one attached hydrogen (secondary N) is 2. The van der Waals surface area contributed by atoms with Gasteiger partial charge in [0, 0.05) is 44.2 Å². The van der Waals surface area contributed by atoms with E-state index in [2.05, 4.69) is 21.7 Å². The monoisotopic (exact) mass is 519 g/mol. The summed E-state index contributed by atoms with van der Waals surface area (Å²) in [5, 5.41) is 16.3. The number of hydrogen-bond acceptors (Lipinski definition) is 3. The quantitative estimate of drug-likeness (QED) is 0.293. The van der Waals surface area contributed by atoms with Gasteiger partial charge in [0.05, 0.1) is 6.61 Å². The van der Waals surface area contributed by atoms with Crippen molar-refractivity contribution in [1.82, 2.24) is 10.6 Å². The molecule has 1 saturated carbocycles. The predicted octanol–water partition coefficient (Wildman–Crippen LogP) is 3.60. The first kappa shape index (κ1) is 24.3. The lowest BCUT2D eigenvalue weighted by Crippen LogP contribution is -2.49. The largest absolute Gasteiger partial charge is 0.396 e. The molecule has 2 aliphatic rings. The standard InChI is InChI=1S/C22H34FN3O2.HI/c1-24-20(25-15-21(10-12-27)11-13-28-17-21)26-16-22(8-3-2-4-9-22)18-6-5-7-19(23)14-18;/h5-7,14,27H,2-4,8-13,15-17H2,1H3,(H2,24,25,26);1H. The van der Waals surface area contributed by atoms with Crippen molar-refractivity contribution in [2.24, 2.45) is 10.4 Å². The molecule has 1 unspecified atom stereocenters. The lowest BCUT2D eigenvalue weighted by atomic mass is 9.69. The number of aliphatic hydroxyl groups excluding tert-OH is 1. The van der Waals surface area contributed by atoms with Crippen molar-refractivity contribution >= 4 is 29.9 Å². The van der Waals surface area contributed by atoms with E-state index in [-0.39, 0.29) is 47.2 Å². The first-order chi connectivity index (χ1) is 13.6. The third-order valence-corrected chi connectivity index (χ3v) is 6.52. The number of benzene rings is 1. The van der Waals surface area contributed by atoms with Crippen molar-refractivity contribution < 1.29 is 14.2 Å². The van der Waals surface area contributed by atoms with Gasteiger partial charge >= 0.3 is 0 Å². The Labute approximate surface area is 190 Å². The van der Waals surface area contributed by atoms with Crippen molar-refractivity contribution in [3.8, 4) is 0 Å². The number of halogens is 2. The molecule has 0 bridgehead atoms. The maximum atomic E-state index is 13.9. The molecular formula is C22H35FIN3O2. The van der Waals surface area contributed by atoms with Crippen LogP contribution < -0.4 is 10.6 Å². The minimum absolute atomic E-state index is 0. The molecule has 3 rings (SSSR count). The van der Waals surface area contributed by atoms with Crippen molar-refractivity contribution in [3.05, 3.63) is 35.6 Å². The van der Waals surface area contributed by atoms with E-state index in [1.165, 1.54) is 25.3 Å². The van der Waals surface area contributed by atoms with Crippen LogP contribution in [0.2, 0.25) is 0 Å². The van der Waals surface area contributed by atoms with Crippen LogP contribution in [0.4, 0.5) is 4.39 Å². The van der Waals surface area contributed by atoms with Gasteiger partial charge in [-0.2, -0.15) is 0 Å². The Morgan fingerprint density at radius 2 is 1.93 bits per heavy atom. The SMILES string of the molecule is CN=C(NCC1(CCO)CCOC1)NCC1(c2cccc(F)c2)CCCCC1.I. The molecule has 0 spiro atoms. The van der Waals surface area contributed by atoms with Crippen molar-refractivity contribution in [2.45, 2.75) is 50.4 Å². The Kier molecular flexibility index (Phi) is 9.62. The van der Waals surface area contributed by atoms with Crippen molar-refractivity contribution in [2.75, 3.05) is 40.0 Å². The topological polar surface area (TPSA) is 65.9 Å². The Bertz CT molecular complexity index is 659. The number of guanidine groups is 1. The van der Waals surface area contributed by atoms with E-state index < -0.39 is 0 Å². The van der Waals surface area contributed by atoms with E-state index in [4.69, 9.17) is 4.74 Å². The zero-order valence-electron chi connectivity index (χ0n) is 17.4. The fraction of sp³-hybridized carbons (Fsp3) is 0.682. The van der Waals surface area contributed by atoms with Gasteiger partial charge in [-0.3, -0.25) is 4.99 Å². The molecule has 1 atom stereocenters. The van der Waals surface area contributed by atoms with Gasteiger partial charge < -0.3 is 20.5 Å². The molecule has 5 nitrogen and oxygen atoms in total. The fourth-order valence-corrected chi connectivity index (χ4v) is 4.67. The number of aliphatic hydroxyl groups is 1. The molecule has 164 valence electrons. The lowest BCUT2D eigenvalue weighted by molar-refractivity contribution is 0.127. The van der Waals surface area contributed by atoms with Gasteiger partial charge in [-0.15, -0.1) is 24.0 Å². The van der Waals surface area contributed by atoms with Crippen LogP contribution in [0.5, 0.6) is 0 Å². The van der Waals surface area contributed by atoms with Gasteiger partial charge in [0.2, 0.25) is 0 Å². The fourth-order valence-electron chi connectivity index (χ4n) is 4.67. The average molecular weight is 519 g/mol. The van der Waals surface area contributed by atoms with Crippen LogP contribution in [-0.4, -0.2) is 51.0 Å². The van der Waals surface area contributed by atoms with Crippen molar-refractivity contribution in [3.63, 3.8) is 0 Å². The smallest absolute Gasteiger partial charge is 0.191 e. The van der Waals surface area contributed by atoms with Crippen LogP contribution in [0.25, 0.3) is 0 Å².